The summed E-state index contributed by atoms with van der Waals surface area (Å²) in [4.78, 5) is 12.4. The summed E-state index contributed by atoms with van der Waals surface area (Å²) in [6.45, 7) is 1.94. The molecule has 0 aromatic carbocycles. The topological polar surface area (TPSA) is 43.6 Å². The smallest absolute Gasteiger partial charge is 0.164 e. The minimum absolute atomic E-state index is 0.746. The van der Waals surface area contributed by atoms with Crippen LogP contribution in [0.2, 0.25) is 0 Å². The molecule has 0 fully saturated rings. The van der Waals surface area contributed by atoms with Crippen molar-refractivity contribution in [1.82, 2.24) is 19.5 Å². The lowest BCUT2D eigenvalue weighted by Crippen LogP contribution is -1.92. The maximum absolute atomic E-state index is 4.30. The van der Waals surface area contributed by atoms with Gasteiger partial charge in [0.2, 0.25) is 0 Å². The molecule has 0 aliphatic carbocycles. The van der Waals surface area contributed by atoms with E-state index in [4.69, 9.17) is 0 Å². The zero-order chi connectivity index (χ0) is 8.72. The van der Waals surface area contributed by atoms with Crippen LogP contribution in [0, 0.1) is 6.92 Å². The zero-order valence-electron chi connectivity index (χ0n) is 6.74. The molecule has 0 spiro atoms. The minimum Gasteiger partial charge on any atom is -0.316 e. The molecule has 4 nitrogen and oxygen atoms in total. The Bertz CT molecular complexity index is 434. The molecule has 0 amide bonds. The van der Waals surface area contributed by atoms with E-state index in [2.05, 4.69) is 30.9 Å². The highest BCUT2D eigenvalue weighted by molar-refractivity contribution is 9.10. The molecule has 2 aromatic heterocycles. The average molecular weight is 227 g/mol. The number of halogens is 1. The first-order chi connectivity index (χ1) is 5.70. The van der Waals surface area contributed by atoms with E-state index in [1.807, 2.05) is 18.5 Å². The Hall–Kier alpha value is -0.970. The van der Waals surface area contributed by atoms with Crippen LogP contribution in [0.1, 0.15) is 5.82 Å². The summed E-state index contributed by atoms with van der Waals surface area (Å²) in [5.41, 5.74) is 1.67. The van der Waals surface area contributed by atoms with Crippen molar-refractivity contribution in [2.24, 2.45) is 7.05 Å². The highest BCUT2D eigenvalue weighted by atomic mass is 79.9. The molecule has 0 bridgehead atoms. The quantitative estimate of drug-likeness (QED) is 0.639. The first-order valence-corrected chi connectivity index (χ1v) is 4.29. The van der Waals surface area contributed by atoms with Gasteiger partial charge in [0.05, 0.1) is 0 Å². The molecule has 0 radical (unpaired) electrons. The number of hydrogen-bond acceptors (Lipinski definition) is 3. The Labute approximate surface area is 77.8 Å². The third-order valence-electron chi connectivity index (χ3n) is 1.84. The maximum atomic E-state index is 4.30. The Morgan fingerprint density at radius 3 is 2.83 bits per heavy atom. The molecule has 5 heteroatoms. The van der Waals surface area contributed by atoms with Gasteiger partial charge in [-0.05, 0) is 22.9 Å². The molecule has 62 valence electrons. The Balaban J connectivity index is 2.95. The van der Waals surface area contributed by atoms with E-state index in [-0.39, 0.29) is 0 Å². The molecule has 2 aromatic rings. The zero-order valence-corrected chi connectivity index (χ0v) is 8.33. The van der Waals surface area contributed by atoms with Crippen molar-refractivity contribution < 1.29 is 0 Å². The van der Waals surface area contributed by atoms with E-state index >= 15 is 0 Å². The number of aryl methyl sites for hydroxylation is 2. The molecule has 0 saturated carbocycles. The Kier molecular flexibility index (Phi) is 1.61. The number of hydrogen-bond donors (Lipinski definition) is 0. The van der Waals surface area contributed by atoms with Crippen LogP contribution in [-0.4, -0.2) is 19.5 Å². The van der Waals surface area contributed by atoms with E-state index in [1.165, 1.54) is 6.33 Å². The van der Waals surface area contributed by atoms with Crippen molar-refractivity contribution >= 4 is 27.1 Å². The fourth-order valence-corrected chi connectivity index (χ4v) is 1.44. The molecule has 0 aliphatic heterocycles. The SMILES string of the molecule is Cc1nc2c(Br)ncnc2n1C. The lowest BCUT2D eigenvalue weighted by molar-refractivity contribution is 0.872. The lowest BCUT2D eigenvalue weighted by atomic mass is 10.6. The summed E-state index contributed by atoms with van der Waals surface area (Å²) in [5.74, 6) is 0.936. The minimum atomic E-state index is 0.746. The standard InChI is InChI=1S/C7H7BrN4/c1-4-11-5-6(8)9-3-10-7(5)12(4)2/h3H,1-2H3. The predicted octanol–water partition coefficient (Wildman–Crippen LogP) is 1.43. The molecule has 0 N–H and O–H groups in total. The average Bonchev–Trinajstić information content (AvgIpc) is 2.32. The van der Waals surface area contributed by atoms with Crippen LogP contribution in [-0.2, 0) is 7.05 Å². The summed E-state index contributed by atoms with van der Waals surface area (Å²) in [7, 11) is 1.93. The van der Waals surface area contributed by atoms with Crippen LogP contribution < -0.4 is 0 Å². The van der Waals surface area contributed by atoms with Gasteiger partial charge in [0, 0.05) is 7.05 Å². The van der Waals surface area contributed by atoms with E-state index < -0.39 is 0 Å². The summed E-state index contributed by atoms with van der Waals surface area (Å²) < 4.78 is 2.68. The highest BCUT2D eigenvalue weighted by Crippen LogP contribution is 2.18. The van der Waals surface area contributed by atoms with E-state index in [0.29, 0.717) is 0 Å². The largest absolute Gasteiger partial charge is 0.316 e. The molecule has 0 aliphatic rings. The second-order valence-corrected chi connectivity index (χ2v) is 3.31. The van der Waals surface area contributed by atoms with Gasteiger partial charge in [-0.2, -0.15) is 0 Å². The fourth-order valence-electron chi connectivity index (χ4n) is 1.08. The molecule has 12 heavy (non-hydrogen) atoms. The maximum Gasteiger partial charge on any atom is 0.164 e. The van der Waals surface area contributed by atoms with E-state index in [1.54, 1.807) is 0 Å². The predicted molar refractivity (Wildman–Crippen MR) is 48.7 cm³/mol. The van der Waals surface area contributed by atoms with E-state index in [0.717, 1.165) is 21.6 Å². The van der Waals surface area contributed by atoms with Crippen LogP contribution >= 0.6 is 15.9 Å². The lowest BCUT2D eigenvalue weighted by Gasteiger charge is -1.93. The fraction of sp³-hybridized carbons (Fsp3) is 0.286. The van der Waals surface area contributed by atoms with Gasteiger partial charge in [0.15, 0.2) is 5.65 Å². The van der Waals surface area contributed by atoms with Crippen molar-refractivity contribution in [1.29, 1.82) is 0 Å². The highest BCUT2D eigenvalue weighted by Gasteiger charge is 2.07. The van der Waals surface area contributed by atoms with Gasteiger partial charge >= 0.3 is 0 Å². The number of rotatable bonds is 0. The first-order valence-electron chi connectivity index (χ1n) is 3.49. The number of imidazole rings is 1. The molecular weight excluding hydrogens is 220 g/mol. The van der Waals surface area contributed by atoms with Crippen LogP contribution in [0.5, 0.6) is 0 Å². The molecular formula is C7H7BrN4. The van der Waals surface area contributed by atoms with Gasteiger partial charge in [-0.3, -0.25) is 0 Å². The number of aromatic nitrogens is 4. The first kappa shape index (κ1) is 7.67. The summed E-state index contributed by atoms with van der Waals surface area (Å²) in [5, 5.41) is 0. The van der Waals surface area contributed by atoms with Gasteiger partial charge in [-0.15, -0.1) is 0 Å². The Morgan fingerprint density at radius 2 is 2.17 bits per heavy atom. The van der Waals surface area contributed by atoms with Crippen molar-refractivity contribution in [3.8, 4) is 0 Å². The van der Waals surface area contributed by atoms with Gasteiger partial charge in [0.25, 0.3) is 0 Å². The second-order valence-electron chi connectivity index (χ2n) is 2.55. The van der Waals surface area contributed by atoms with Gasteiger partial charge in [0.1, 0.15) is 22.3 Å². The van der Waals surface area contributed by atoms with Crippen LogP contribution in [0.3, 0.4) is 0 Å². The third-order valence-corrected chi connectivity index (χ3v) is 2.42. The summed E-state index contributed by atoms with van der Waals surface area (Å²) in [6.07, 6.45) is 1.52. The van der Waals surface area contributed by atoms with Crippen molar-refractivity contribution in [3.05, 3.63) is 16.8 Å². The molecule has 2 rings (SSSR count). The van der Waals surface area contributed by atoms with Gasteiger partial charge in [-0.25, -0.2) is 15.0 Å². The molecule has 0 saturated heterocycles. The van der Waals surface area contributed by atoms with Crippen LogP contribution in [0.15, 0.2) is 10.9 Å². The van der Waals surface area contributed by atoms with Gasteiger partial charge in [-0.1, -0.05) is 0 Å². The Morgan fingerprint density at radius 1 is 1.42 bits per heavy atom. The molecule has 0 unspecified atom stereocenters. The monoisotopic (exact) mass is 226 g/mol. The van der Waals surface area contributed by atoms with Crippen molar-refractivity contribution in [2.75, 3.05) is 0 Å². The van der Waals surface area contributed by atoms with Gasteiger partial charge < -0.3 is 4.57 Å². The number of fused-ring (bicyclic) bond motifs is 1. The normalized spacial score (nSPS) is 10.9. The van der Waals surface area contributed by atoms with E-state index in [9.17, 15) is 0 Å². The van der Waals surface area contributed by atoms with Crippen LogP contribution in [0.4, 0.5) is 0 Å². The van der Waals surface area contributed by atoms with Crippen molar-refractivity contribution in [2.45, 2.75) is 6.92 Å². The second kappa shape index (κ2) is 2.52. The third kappa shape index (κ3) is 0.929. The van der Waals surface area contributed by atoms with Crippen molar-refractivity contribution in [3.63, 3.8) is 0 Å². The summed E-state index contributed by atoms with van der Waals surface area (Å²) >= 11 is 3.32. The molecule has 0 atom stereocenters. The van der Waals surface area contributed by atoms with Crippen LogP contribution in [0.25, 0.3) is 11.2 Å². The summed E-state index contributed by atoms with van der Waals surface area (Å²) in [6, 6.07) is 0. The molecule has 2 heterocycles. The number of nitrogens with zero attached hydrogens (tertiary/aromatic N) is 4.